The van der Waals surface area contributed by atoms with Gasteiger partial charge in [-0.3, -0.25) is 9.89 Å². The van der Waals surface area contributed by atoms with Crippen molar-refractivity contribution >= 4 is 6.03 Å². The van der Waals surface area contributed by atoms with Crippen molar-refractivity contribution < 1.29 is 4.79 Å². The van der Waals surface area contributed by atoms with Crippen molar-refractivity contribution in [3.63, 3.8) is 0 Å². The Kier molecular flexibility index (Phi) is 2.26. The molecule has 2 N–H and O–H groups in total. The van der Waals surface area contributed by atoms with Crippen LogP contribution < -0.4 is 5.56 Å². The van der Waals surface area contributed by atoms with E-state index in [1.54, 1.807) is 19.0 Å². The lowest BCUT2D eigenvalue weighted by molar-refractivity contribution is 0.165. The van der Waals surface area contributed by atoms with Gasteiger partial charge in [-0.05, 0) is 6.42 Å². The molecular formula is C9H14N4O2. The lowest BCUT2D eigenvalue weighted by atomic mass is 10.1. The number of amides is 2. The maximum atomic E-state index is 11.7. The molecule has 1 aromatic heterocycles. The lowest BCUT2D eigenvalue weighted by Gasteiger charge is -2.28. The highest BCUT2D eigenvalue weighted by atomic mass is 16.2. The van der Waals surface area contributed by atoms with Gasteiger partial charge in [0.15, 0.2) is 0 Å². The monoisotopic (exact) mass is 210 g/mol. The van der Waals surface area contributed by atoms with E-state index in [4.69, 9.17) is 0 Å². The molecule has 2 amide bonds. The third-order valence-corrected chi connectivity index (χ3v) is 2.60. The maximum Gasteiger partial charge on any atom is 0.319 e. The van der Waals surface area contributed by atoms with Gasteiger partial charge in [0, 0.05) is 26.2 Å². The Morgan fingerprint density at radius 3 is 2.80 bits per heavy atom. The molecule has 1 aliphatic heterocycles. The zero-order valence-electron chi connectivity index (χ0n) is 8.83. The molecule has 0 fully saturated rings. The van der Waals surface area contributed by atoms with E-state index in [1.807, 2.05) is 0 Å². The molecule has 0 unspecified atom stereocenters. The Bertz CT molecular complexity index is 432. The fourth-order valence-electron chi connectivity index (χ4n) is 1.78. The molecular weight excluding hydrogens is 196 g/mol. The standard InChI is InChI=1S/C9H14N4O2/c1-12(2)9(15)13-4-3-6-7(5-13)10-11-8(6)14/h3-5H2,1-2H3,(H2,10,11,14). The molecule has 0 aliphatic carbocycles. The average Bonchev–Trinajstić information content (AvgIpc) is 2.59. The van der Waals surface area contributed by atoms with E-state index in [0.29, 0.717) is 19.5 Å². The normalized spacial score (nSPS) is 14.9. The van der Waals surface area contributed by atoms with E-state index < -0.39 is 0 Å². The first kappa shape index (κ1) is 9.82. The van der Waals surface area contributed by atoms with Gasteiger partial charge in [0.1, 0.15) is 0 Å². The zero-order chi connectivity index (χ0) is 11.0. The van der Waals surface area contributed by atoms with Gasteiger partial charge in [-0.25, -0.2) is 4.79 Å². The fourth-order valence-corrected chi connectivity index (χ4v) is 1.78. The molecule has 0 bridgehead atoms. The number of carbonyl (C=O) groups is 1. The van der Waals surface area contributed by atoms with Crippen LogP contribution in [0.3, 0.4) is 0 Å². The van der Waals surface area contributed by atoms with E-state index in [9.17, 15) is 9.59 Å². The number of rotatable bonds is 0. The van der Waals surface area contributed by atoms with E-state index in [-0.39, 0.29) is 11.6 Å². The Hall–Kier alpha value is -1.72. The summed E-state index contributed by atoms with van der Waals surface area (Å²) in [5.74, 6) is 0. The van der Waals surface area contributed by atoms with Gasteiger partial charge in [0.25, 0.3) is 5.56 Å². The minimum Gasteiger partial charge on any atom is -0.331 e. The Balaban J connectivity index is 2.19. The van der Waals surface area contributed by atoms with E-state index in [1.165, 1.54) is 4.90 Å². The lowest BCUT2D eigenvalue weighted by Crippen LogP contribution is -2.42. The second-order valence-corrected chi connectivity index (χ2v) is 3.88. The minimum absolute atomic E-state index is 0.0253. The van der Waals surface area contributed by atoms with Gasteiger partial charge in [-0.2, -0.15) is 0 Å². The largest absolute Gasteiger partial charge is 0.331 e. The number of aromatic amines is 2. The third kappa shape index (κ3) is 1.62. The molecule has 0 saturated carbocycles. The van der Waals surface area contributed by atoms with Crippen LogP contribution in [0.2, 0.25) is 0 Å². The first-order valence-corrected chi connectivity index (χ1v) is 4.84. The Morgan fingerprint density at radius 2 is 2.13 bits per heavy atom. The highest BCUT2D eigenvalue weighted by molar-refractivity contribution is 5.74. The topological polar surface area (TPSA) is 72.2 Å². The van der Waals surface area contributed by atoms with Gasteiger partial charge in [-0.1, -0.05) is 0 Å². The van der Waals surface area contributed by atoms with Crippen LogP contribution in [0.15, 0.2) is 4.79 Å². The first-order chi connectivity index (χ1) is 7.09. The van der Waals surface area contributed by atoms with Gasteiger partial charge in [0.05, 0.1) is 12.2 Å². The summed E-state index contributed by atoms with van der Waals surface area (Å²) >= 11 is 0. The maximum absolute atomic E-state index is 11.7. The van der Waals surface area contributed by atoms with Gasteiger partial charge >= 0.3 is 6.03 Å². The molecule has 0 spiro atoms. The van der Waals surface area contributed by atoms with Crippen molar-refractivity contribution in [2.75, 3.05) is 20.6 Å². The summed E-state index contributed by atoms with van der Waals surface area (Å²) in [6.07, 6.45) is 0.619. The van der Waals surface area contributed by atoms with Crippen molar-refractivity contribution in [1.29, 1.82) is 0 Å². The Labute approximate surface area is 86.9 Å². The molecule has 1 aromatic rings. The molecule has 0 atom stereocenters. The summed E-state index contributed by atoms with van der Waals surface area (Å²) in [7, 11) is 3.44. The number of hydrogen-bond donors (Lipinski definition) is 2. The summed E-state index contributed by atoms with van der Waals surface area (Å²) in [4.78, 5) is 26.2. The molecule has 82 valence electrons. The van der Waals surface area contributed by atoms with Gasteiger partial charge in [0.2, 0.25) is 0 Å². The first-order valence-electron chi connectivity index (χ1n) is 4.84. The highest BCUT2D eigenvalue weighted by Gasteiger charge is 2.24. The smallest absolute Gasteiger partial charge is 0.319 e. The predicted octanol–water partition coefficient (Wildman–Crippen LogP) is -0.257. The van der Waals surface area contributed by atoms with Gasteiger partial charge in [-0.15, -0.1) is 0 Å². The number of aromatic nitrogens is 2. The summed E-state index contributed by atoms with van der Waals surface area (Å²) in [5.41, 5.74) is 1.53. The molecule has 2 heterocycles. The van der Waals surface area contributed by atoms with Crippen LogP contribution in [0.1, 0.15) is 11.3 Å². The summed E-state index contributed by atoms with van der Waals surface area (Å²) in [6, 6.07) is -0.0253. The summed E-state index contributed by atoms with van der Waals surface area (Å²) < 4.78 is 0. The van der Waals surface area contributed by atoms with Crippen molar-refractivity contribution in [2.45, 2.75) is 13.0 Å². The third-order valence-electron chi connectivity index (χ3n) is 2.60. The average molecular weight is 210 g/mol. The van der Waals surface area contributed by atoms with E-state index in [2.05, 4.69) is 10.2 Å². The molecule has 2 rings (SSSR count). The van der Waals surface area contributed by atoms with Crippen LogP contribution in [0.5, 0.6) is 0 Å². The SMILES string of the molecule is CN(C)C(=O)N1CCc2c([nH][nH]c2=O)C1. The number of nitrogens with zero attached hydrogens (tertiary/aromatic N) is 2. The van der Waals surface area contributed by atoms with E-state index >= 15 is 0 Å². The quantitative estimate of drug-likeness (QED) is 0.619. The summed E-state index contributed by atoms with van der Waals surface area (Å²) in [6.45, 7) is 1.08. The predicted molar refractivity (Wildman–Crippen MR) is 54.6 cm³/mol. The second kappa shape index (κ2) is 3.45. The molecule has 0 saturated heterocycles. The van der Waals surface area contributed by atoms with Crippen LogP contribution in [-0.2, 0) is 13.0 Å². The van der Waals surface area contributed by atoms with Crippen LogP contribution >= 0.6 is 0 Å². The van der Waals surface area contributed by atoms with Gasteiger partial charge < -0.3 is 14.9 Å². The van der Waals surface area contributed by atoms with Crippen molar-refractivity contribution in [3.8, 4) is 0 Å². The van der Waals surface area contributed by atoms with Crippen molar-refractivity contribution in [2.24, 2.45) is 0 Å². The number of nitrogens with one attached hydrogen (secondary N) is 2. The van der Waals surface area contributed by atoms with Crippen LogP contribution in [-0.4, -0.2) is 46.7 Å². The number of urea groups is 1. The van der Waals surface area contributed by atoms with Crippen LogP contribution in [0.25, 0.3) is 0 Å². The van der Waals surface area contributed by atoms with Crippen molar-refractivity contribution in [1.82, 2.24) is 20.0 Å². The number of fused-ring (bicyclic) bond motifs is 1. The molecule has 6 nitrogen and oxygen atoms in total. The molecule has 0 aromatic carbocycles. The highest BCUT2D eigenvalue weighted by Crippen LogP contribution is 2.13. The summed E-state index contributed by atoms with van der Waals surface area (Å²) in [5, 5.41) is 5.34. The zero-order valence-corrected chi connectivity index (χ0v) is 8.83. The van der Waals surface area contributed by atoms with Crippen molar-refractivity contribution in [3.05, 3.63) is 21.6 Å². The number of hydrogen-bond acceptors (Lipinski definition) is 2. The van der Waals surface area contributed by atoms with Crippen LogP contribution in [0.4, 0.5) is 4.79 Å². The Morgan fingerprint density at radius 1 is 1.40 bits per heavy atom. The molecule has 0 radical (unpaired) electrons. The van der Waals surface area contributed by atoms with Crippen LogP contribution in [0, 0.1) is 0 Å². The van der Waals surface area contributed by atoms with E-state index in [0.717, 1.165) is 11.3 Å². The second-order valence-electron chi connectivity index (χ2n) is 3.88. The molecule has 1 aliphatic rings. The molecule has 15 heavy (non-hydrogen) atoms. The number of H-pyrrole nitrogens is 2. The molecule has 6 heteroatoms. The minimum atomic E-state index is -0.0676. The fraction of sp³-hybridized carbons (Fsp3) is 0.556. The number of carbonyl (C=O) groups excluding carboxylic acids is 1.